The molecule has 1 amide bonds. The molecule has 0 atom stereocenters. The quantitative estimate of drug-likeness (QED) is 0.370. The molecule has 4 rings (SSSR count). The zero-order valence-electron chi connectivity index (χ0n) is 23.0. The van der Waals surface area contributed by atoms with Crippen molar-refractivity contribution in [1.82, 2.24) is 9.80 Å². The summed E-state index contributed by atoms with van der Waals surface area (Å²) >= 11 is 0. The number of amides is 1. The van der Waals surface area contributed by atoms with Crippen molar-refractivity contribution in [3.8, 4) is 28.7 Å². The molecule has 2 aromatic rings. The number of esters is 2. The summed E-state index contributed by atoms with van der Waals surface area (Å²) in [6.45, 7) is 5.94. The molecule has 208 valence electrons. The lowest BCUT2D eigenvalue weighted by atomic mass is 9.91. The number of piperazine rings is 1. The van der Waals surface area contributed by atoms with Crippen molar-refractivity contribution >= 4 is 23.9 Å². The van der Waals surface area contributed by atoms with Gasteiger partial charge in [-0.05, 0) is 59.9 Å². The standard InChI is InChI=1S/C29H34N2O8/c1-18(32)38-24-15-21-6-7-22(14-23(21)16-25(24)39-19(2)33)29(34)31-10-8-30(9-11-31)17-20-12-26(35-3)28(37-5)27(13-20)36-4/h12-16H,6-11,17H2,1-5H3. The number of carbonyl (C=O) groups is 3. The highest BCUT2D eigenvalue weighted by Crippen LogP contribution is 2.39. The van der Waals surface area contributed by atoms with Gasteiger partial charge in [-0.3, -0.25) is 19.3 Å². The Hall–Kier alpha value is -4.05. The van der Waals surface area contributed by atoms with E-state index in [4.69, 9.17) is 23.7 Å². The number of hydrogen-bond acceptors (Lipinski definition) is 9. The van der Waals surface area contributed by atoms with Crippen molar-refractivity contribution in [1.29, 1.82) is 0 Å². The Morgan fingerprint density at radius 1 is 0.744 bits per heavy atom. The minimum absolute atomic E-state index is 0.00573. The van der Waals surface area contributed by atoms with Gasteiger partial charge >= 0.3 is 11.9 Å². The van der Waals surface area contributed by atoms with Gasteiger partial charge in [0.05, 0.1) is 21.3 Å². The molecule has 0 aromatic heterocycles. The minimum atomic E-state index is -0.524. The number of benzene rings is 2. The monoisotopic (exact) mass is 538 g/mol. The number of nitrogens with zero attached hydrogens (tertiary/aromatic N) is 2. The van der Waals surface area contributed by atoms with E-state index in [-0.39, 0.29) is 17.4 Å². The summed E-state index contributed by atoms with van der Waals surface area (Å²) in [6.07, 6.45) is 3.03. The summed E-state index contributed by atoms with van der Waals surface area (Å²) in [7, 11) is 4.77. The Bertz CT molecular complexity index is 1270. The topological polar surface area (TPSA) is 104 Å². The van der Waals surface area contributed by atoms with Gasteiger partial charge in [-0.15, -0.1) is 0 Å². The highest BCUT2D eigenvalue weighted by atomic mass is 16.6. The molecule has 0 spiro atoms. The molecule has 0 saturated carbocycles. The predicted molar refractivity (Wildman–Crippen MR) is 143 cm³/mol. The summed E-state index contributed by atoms with van der Waals surface area (Å²) < 4.78 is 26.8. The summed E-state index contributed by atoms with van der Waals surface area (Å²) in [5.41, 5.74) is 3.44. The molecule has 39 heavy (non-hydrogen) atoms. The van der Waals surface area contributed by atoms with Crippen LogP contribution in [-0.4, -0.2) is 75.2 Å². The maximum Gasteiger partial charge on any atom is 0.308 e. The molecule has 1 aliphatic carbocycles. The summed E-state index contributed by atoms with van der Waals surface area (Å²) in [5.74, 6) is 1.11. The average Bonchev–Trinajstić information content (AvgIpc) is 2.92. The SMILES string of the molecule is COc1cc(CN2CCN(C(=O)C3=Cc4cc(OC(C)=O)c(OC(C)=O)cc4CC3)CC2)cc(OC)c1OC. The Morgan fingerprint density at radius 3 is 1.87 bits per heavy atom. The van der Waals surface area contributed by atoms with Crippen LogP contribution in [0.1, 0.15) is 37.0 Å². The fourth-order valence-corrected chi connectivity index (χ4v) is 4.93. The highest BCUT2D eigenvalue weighted by molar-refractivity contribution is 5.99. The summed E-state index contributed by atoms with van der Waals surface area (Å²) in [4.78, 5) is 40.6. The molecule has 0 N–H and O–H groups in total. The Morgan fingerprint density at radius 2 is 1.33 bits per heavy atom. The molecule has 2 aromatic carbocycles. The number of fused-ring (bicyclic) bond motifs is 1. The number of carbonyl (C=O) groups excluding carboxylic acids is 3. The second-order valence-corrected chi connectivity index (χ2v) is 9.46. The van der Waals surface area contributed by atoms with E-state index in [0.717, 1.165) is 29.8 Å². The van der Waals surface area contributed by atoms with Crippen molar-refractivity contribution in [3.63, 3.8) is 0 Å². The highest BCUT2D eigenvalue weighted by Gasteiger charge is 2.27. The van der Waals surface area contributed by atoms with E-state index in [1.807, 2.05) is 23.1 Å². The maximum absolute atomic E-state index is 13.4. The van der Waals surface area contributed by atoms with E-state index in [1.165, 1.54) is 13.8 Å². The molecule has 2 aliphatic rings. The molecular formula is C29H34N2O8. The number of ether oxygens (including phenoxy) is 5. The maximum atomic E-state index is 13.4. The van der Waals surface area contributed by atoms with Crippen LogP contribution in [0.2, 0.25) is 0 Å². The van der Waals surface area contributed by atoms with Gasteiger partial charge in [-0.1, -0.05) is 0 Å². The van der Waals surface area contributed by atoms with Gasteiger partial charge in [-0.2, -0.15) is 0 Å². The van der Waals surface area contributed by atoms with E-state index in [9.17, 15) is 14.4 Å². The number of aryl methyl sites for hydroxylation is 1. The van der Waals surface area contributed by atoms with Crippen LogP contribution in [0.5, 0.6) is 28.7 Å². The van der Waals surface area contributed by atoms with Crippen molar-refractivity contribution in [2.45, 2.75) is 33.2 Å². The van der Waals surface area contributed by atoms with Gasteiger partial charge in [0.1, 0.15) is 0 Å². The van der Waals surface area contributed by atoms with Gasteiger partial charge < -0.3 is 28.6 Å². The van der Waals surface area contributed by atoms with E-state index in [1.54, 1.807) is 33.5 Å². The molecule has 1 heterocycles. The lowest BCUT2D eigenvalue weighted by molar-refractivity contribution is -0.134. The Kier molecular flexibility index (Phi) is 8.75. The van der Waals surface area contributed by atoms with E-state index in [2.05, 4.69) is 4.90 Å². The normalized spacial score (nSPS) is 15.1. The molecule has 1 fully saturated rings. The third-order valence-corrected chi connectivity index (χ3v) is 6.77. The lowest BCUT2D eigenvalue weighted by Crippen LogP contribution is -2.48. The molecule has 1 saturated heterocycles. The van der Waals surface area contributed by atoms with Crippen LogP contribution >= 0.6 is 0 Å². The fraction of sp³-hybridized carbons (Fsp3) is 0.414. The Labute approximate surface area is 228 Å². The first kappa shape index (κ1) is 28.0. The van der Waals surface area contributed by atoms with Crippen molar-refractivity contribution < 1.29 is 38.1 Å². The lowest BCUT2D eigenvalue weighted by Gasteiger charge is -2.35. The molecule has 10 heteroatoms. The van der Waals surface area contributed by atoms with Crippen molar-refractivity contribution in [2.75, 3.05) is 47.5 Å². The third kappa shape index (κ3) is 6.51. The third-order valence-electron chi connectivity index (χ3n) is 6.77. The molecule has 0 bridgehead atoms. The smallest absolute Gasteiger partial charge is 0.308 e. The van der Waals surface area contributed by atoms with Crippen LogP contribution in [-0.2, 0) is 27.3 Å². The van der Waals surface area contributed by atoms with E-state index in [0.29, 0.717) is 55.3 Å². The largest absolute Gasteiger partial charge is 0.493 e. The zero-order chi connectivity index (χ0) is 28.1. The zero-order valence-corrected chi connectivity index (χ0v) is 23.0. The van der Waals surface area contributed by atoms with E-state index < -0.39 is 11.9 Å². The molecule has 1 aliphatic heterocycles. The Balaban J connectivity index is 1.43. The second-order valence-electron chi connectivity index (χ2n) is 9.46. The average molecular weight is 539 g/mol. The van der Waals surface area contributed by atoms with Crippen LogP contribution in [0.4, 0.5) is 0 Å². The molecule has 0 radical (unpaired) electrons. The molecular weight excluding hydrogens is 504 g/mol. The first-order valence-electron chi connectivity index (χ1n) is 12.8. The number of methoxy groups -OCH3 is 3. The van der Waals surface area contributed by atoms with Crippen LogP contribution in [0, 0.1) is 0 Å². The van der Waals surface area contributed by atoms with Crippen LogP contribution in [0.15, 0.2) is 29.8 Å². The van der Waals surface area contributed by atoms with Gasteiger partial charge in [0.2, 0.25) is 11.7 Å². The van der Waals surface area contributed by atoms with Gasteiger partial charge in [-0.25, -0.2) is 0 Å². The van der Waals surface area contributed by atoms with Crippen LogP contribution < -0.4 is 23.7 Å². The van der Waals surface area contributed by atoms with E-state index >= 15 is 0 Å². The first-order chi connectivity index (χ1) is 18.7. The number of hydrogen-bond donors (Lipinski definition) is 0. The minimum Gasteiger partial charge on any atom is -0.493 e. The summed E-state index contributed by atoms with van der Waals surface area (Å²) in [5, 5.41) is 0. The van der Waals surface area contributed by atoms with Crippen molar-refractivity contribution in [3.05, 3.63) is 46.5 Å². The number of rotatable bonds is 8. The fourth-order valence-electron chi connectivity index (χ4n) is 4.93. The van der Waals surface area contributed by atoms with Gasteiger partial charge in [0.15, 0.2) is 23.0 Å². The molecule has 10 nitrogen and oxygen atoms in total. The van der Waals surface area contributed by atoms with Crippen LogP contribution in [0.3, 0.4) is 0 Å². The van der Waals surface area contributed by atoms with Crippen molar-refractivity contribution in [2.24, 2.45) is 0 Å². The first-order valence-corrected chi connectivity index (χ1v) is 12.8. The van der Waals surface area contributed by atoms with Gasteiger partial charge in [0.25, 0.3) is 0 Å². The summed E-state index contributed by atoms with van der Waals surface area (Å²) in [6, 6.07) is 7.24. The predicted octanol–water partition coefficient (Wildman–Crippen LogP) is 3.24. The molecule has 0 unspecified atom stereocenters. The second kappa shape index (κ2) is 12.2. The van der Waals surface area contributed by atoms with Crippen LogP contribution in [0.25, 0.3) is 6.08 Å². The van der Waals surface area contributed by atoms with Gasteiger partial charge in [0, 0.05) is 52.1 Å².